The van der Waals surface area contributed by atoms with Crippen LogP contribution in [-0.4, -0.2) is 30.5 Å². The zero-order valence-electron chi connectivity index (χ0n) is 15.6. The maximum absolute atomic E-state index is 12.2. The van der Waals surface area contributed by atoms with E-state index in [1.807, 2.05) is 26.8 Å². The molecular formula is C18H25F2IN4O2. The van der Waals surface area contributed by atoms with Crippen LogP contribution >= 0.6 is 24.0 Å². The first-order valence-electron chi connectivity index (χ1n) is 8.43. The van der Waals surface area contributed by atoms with Crippen molar-refractivity contribution < 1.29 is 17.9 Å². The first-order valence-corrected chi connectivity index (χ1v) is 8.43. The fourth-order valence-electron chi connectivity index (χ4n) is 2.18. The van der Waals surface area contributed by atoms with Gasteiger partial charge in [-0.1, -0.05) is 12.1 Å². The molecule has 0 bridgehead atoms. The number of rotatable bonds is 8. The highest BCUT2D eigenvalue weighted by Crippen LogP contribution is 2.15. The Morgan fingerprint density at radius 1 is 1.30 bits per heavy atom. The first kappa shape index (κ1) is 23.1. The lowest BCUT2D eigenvalue weighted by atomic mass is 10.2. The molecule has 0 fully saturated rings. The number of nitrogens with zero attached hydrogens (tertiary/aromatic N) is 2. The van der Waals surface area contributed by atoms with Crippen LogP contribution in [0.5, 0.6) is 5.75 Å². The average molecular weight is 494 g/mol. The van der Waals surface area contributed by atoms with Gasteiger partial charge in [0.1, 0.15) is 18.1 Å². The number of nitrogens with one attached hydrogen (secondary N) is 2. The molecule has 2 rings (SSSR count). The van der Waals surface area contributed by atoms with Gasteiger partial charge in [-0.2, -0.15) is 0 Å². The van der Waals surface area contributed by atoms with Crippen LogP contribution in [0, 0.1) is 13.8 Å². The number of hydrogen-bond donors (Lipinski definition) is 2. The lowest BCUT2D eigenvalue weighted by molar-refractivity contribution is 0.0818. The van der Waals surface area contributed by atoms with Gasteiger partial charge < -0.3 is 19.8 Å². The summed E-state index contributed by atoms with van der Waals surface area (Å²) in [7, 11) is 0. The number of guanidine groups is 1. The van der Waals surface area contributed by atoms with Crippen molar-refractivity contribution in [2.24, 2.45) is 4.99 Å². The van der Waals surface area contributed by atoms with Crippen LogP contribution in [0.1, 0.15) is 29.8 Å². The normalized spacial score (nSPS) is 11.3. The monoisotopic (exact) mass is 494 g/mol. The van der Waals surface area contributed by atoms with E-state index in [-0.39, 0.29) is 24.0 Å². The maximum Gasteiger partial charge on any atom is 0.272 e. The molecule has 1 heterocycles. The molecule has 9 heteroatoms. The Morgan fingerprint density at radius 3 is 2.70 bits per heavy atom. The quantitative estimate of drug-likeness (QED) is 0.332. The van der Waals surface area contributed by atoms with Crippen molar-refractivity contribution in [3.8, 4) is 5.75 Å². The van der Waals surface area contributed by atoms with Crippen molar-refractivity contribution in [2.45, 2.75) is 40.3 Å². The number of hydrogen-bond acceptors (Lipinski definition) is 4. The van der Waals surface area contributed by atoms with E-state index in [2.05, 4.69) is 20.6 Å². The van der Waals surface area contributed by atoms with E-state index in [4.69, 9.17) is 9.15 Å². The number of alkyl halides is 2. The van der Waals surface area contributed by atoms with E-state index in [9.17, 15) is 8.78 Å². The average Bonchev–Trinajstić information content (AvgIpc) is 2.94. The van der Waals surface area contributed by atoms with Gasteiger partial charge in [0.15, 0.2) is 5.96 Å². The van der Waals surface area contributed by atoms with Crippen LogP contribution in [0.3, 0.4) is 0 Å². The van der Waals surface area contributed by atoms with Crippen LogP contribution in [0.25, 0.3) is 0 Å². The highest BCUT2D eigenvalue weighted by atomic mass is 127. The van der Waals surface area contributed by atoms with Gasteiger partial charge in [-0.25, -0.2) is 18.8 Å². The predicted molar refractivity (Wildman–Crippen MR) is 111 cm³/mol. The van der Waals surface area contributed by atoms with Crippen LogP contribution in [-0.2, 0) is 13.1 Å². The molecule has 0 unspecified atom stereocenters. The third kappa shape index (κ3) is 8.10. The summed E-state index contributed by atoms with van der Waals surface area (Å²) < 4.78 is 35.0. The summed E-state index contributed by atoms with van der Waals surface area (Å²) in [6, 6.07) is 6.97. The van der Waals surface area contributed by atoms with E-state index in [0.717, 1.165) is 17.0 Å². The molecule has 0 atom stereocenters. The fourth-order valence-corrected chi connectivity index (χ4v) is 2.18. The lowest BCUT2D eigenvalue weighted by Crippen LogP contribution is -2.36. The number of ether oxygens (including phenoxy) is 1. The van der Waals surface area contributed by atoms with Gasteiger partial charge in [0.25, 0.3) is 6.43 Å². The summed E-state index contributed by atoms with van der Waals surface area (Å²) in [5, 5.41) is 6.29. The van der Waals surface area contributed by atoms with Crippen molar-refractivity contribution in [1.29, 1.82) is 0 Å². The van der Waals surface area contributed by atoms with Gasteiger partial charge in [-0.05, 0) is 38.5 Å². The molecule has 1 aromatic heterocycles. The van der Waals surface area contributed by atoms with Gasteiger partial charge in [-0.3, -0.25) is 0 Å². The first-order chi connectivity index (χ1) is 12.5. The second-order valence-corrected chi connectivity index (χ2v) is 5.65. The lowest BCUT2D eigenvalue weighted by Gasteiger charge is -2.10. The van der Waals surface area contributed by atoms with E-state index in [1.54, 1.807) is 18.2 Å². The van der Waals surface area contributed by atoms with Crippen molar-refractivity contribution >= 4 is 29.9 Å². The number of oxazole rings is 1. The second kappa shape index (κ2) is 11.7. The SMILES string of the molecule is CCNC(=NCc1cccc(OCC(F)F)c1)NCc1nc(C)c(C)o1.I. The largest absolute Gasteiger partial charge is 0.488 e. The molecule has 0 spiro atoms. The molecule has 150 valence electrons. The summed E-state index contributed by atoms with van der Waals surface area (Å²) in [5.41, 5.74) is 1.72. The Bertz CT molecular complexity index is 718. The molecule has 2 N–H and O–H groups in total. The number of halogens is 3. The number of benzene rings is 1. The Balaban J connectivity index is 0.00000364. The molecule has 2 aromatic rings. The van der Waals surface area contributed by atoms with Crippen LogP contribution in [0.2, 0.25) is 0 Å². The third-order valence-corrected chi connectivity index (χ3v) is 3.52. The van der Waals surface area contributed by atoms with Crippen LogP contribution in [0.4, 0.5) is 8.78 Å². The molecular weight excluding hydrogens is 469 g/mol. The minimum Gasteiger partial charge on any atom is -0.488 e. The Morgan fingerprint density at radius 2 is 2.07 bits per heavy atom. The summed E-state index contributed by atoms with van der Waals surface area (Å²) in [6.45, 7) is 6.61. The Kier molecular flexibility index (Phi) is 10.0. The topological polar surface area (TPSA) is 71.7 Å². The molecule has 0 radical (unpaired) electrons. The van der Waals surface area contributed by atoms with E-state index >= 15 is 0 Å². The minimum absolute atomic E-state index is 0. The van der Waals surface area contributed by atoms with Gasteiger partial charge in [0.05, 0.1) is 18.8 Å². The van der Waals surface area contributed by atoms with Crippen molar-refractivity contribution in [3.05, 3.63) is 47.2 Å². The summed E-state index contributed by atoms with van der Waals surface area (Å²) in [5.74, 6) is 2.40. The van der Waals surface area contributed by atoms with E-state index < -0.39 is 13.0 Å². The predicted octanol–water partition coefficient (Wildman–Crippen LogP) is 3.81. The zero-order valence-corrected chi connectivity index (χ0v) is 17.9. The summed E-state index contributed by atoms with van der Waals surface area (Å²) in [6.07, 6.45) is -2.50. The van der Waals surface area contributed by atoms with Gasteiger partial charge in [0.2, 0.25) is 5.89 Å². The molecule has 0 amide bonds. The summed E-state index contributed by atoms with van der Waals surface area (Å²) >= 11 is 0. The van der Waals surface area contributed by atoms with Crippen molar-refractivity contribution in [3.63, 3.8) is 0 Å². The van der Waals surface area contributed by atoms with Crippen molar-refractivity contribution in [1.82, 2.24) is 15.6 Å². The van der Waals surface area contributed by atoms with E-state index in [1.165, 1.54) is 0 Å². The second-order valence-electron chi connectivity index (χ2n) is 5.65. The van der Waals surface area contributed by atoms with E-state index in [0.29, 0.717) is 37.2 Å². The van der Waals surface area contributed by atoms with Crippen LogP contribution < -0.4 is 15.4 Å². The fraction of sp³-hybridized carbons (Fsp3) is 0.444. The minimum atomic E-state index is -2.50. The highest BCUT2D eigenvalue weighted by molar-refractivity contribution is 14.0. The summed E-state index contributed by atoms with van der Waals surface area (Å²) in [4.78, 5) is 8.80. The molecule has 27 heavy (non-hydrogen) atoms. The third-order valence-electron chi connectivity index (χ3n) is 3.52. The van der Waals surface area contributed by atoms with Crippen molar-refractivity contribution in [2.75, 3.05) is 13.2 Å². The number of aromatic nitrogens is 1. The van der Waals surface area contributed by atoms with Gasteiger partial charge in [-0.15, -0.1) is 24.0 Å². The molecule has 0 saturated carbocycles. The Labute approximate surface area is 174 Å². The standard InChI is InChI=1S/C18H24F2N4O2.HI/c1-4-21-18(23-10-17-24-12(2)13(3)26-17)22-9-14-6-5-7-15(8-14)25-11-16(19)20;/h5-8,16H,4,9-11H2,1-3H3,(H2,21,22,23);1H. The molecule has 0 saturated heterocycles. The molecule has 0 aliphatic heterocycles. The molecule has 6 nitrogen and oxygen atoms in total. The van der Waals surface area contributed by atoms with Gasteiger partial charge in [0, 0.05) is 6.54 Å². The van der Waals surface area contributed by atoms with Crippen LogP contribution in [0.15, 0.2) is 33.7 Å². The smallest absolute Gasteiger partial charge is 0.272 e. The molecule has 0 aliphatic rings. The number of aliphatic imine (C=N–C) groups is 1. The highest BCUT2D eigenvalue weighted by Gasteiger charge is 2.07. The van der Waals surface area contributed by atoms with Gasteiger partial charge >= 0.3 is 0 Å². The maximum atomic E-state index is 12.2. The molecule has 1 aromatic carbocycles. The zero-order chi connectivity index (χ0) is 18.9. The number of aryl methyl sites for hydroxylation is 2. The Hall–Kier alpha value is -1.91. The molecule has 0 aliphatic carbocycles.